The van der Waals surface area contributed by atoms with Crippen molar-refractivity contribution in [3.63, 3.8) is 0 Å². The Hall–Kier alpha value is -1.24. The lowest BCUT2D eigenvalue weighted by Crippen LogP contribution is -2.52. The Morgan fingerprint density at radius 1 is 1.00 bits per heavy atom. The first-order chi connectivity index (χ1) is 13.6. The van der Waals surface area contributed by atoms with Crippen LogP contribution in [0.3, 0.4) is 0 Å². The minimum Gasteiger partial charge on any atom is -0.372 e. The maximum Gasteiger partial charge on any atom is 0.225 e. The normalized spacial score (nSPS) is 33.2. The summed E-state index contributed by atoms with van der Waals surface area (Å²) in [5.41, 5.74) is 1.14. The van der Waals surface area contributed by atoms with Crippen molar-refractivity contribution in [3.05, 3.63) is 18.0 Å². The second-order valence-corrected chi connectivity index (χ2v) is 9.15. The molecule has 1 saturated carbocycles. The lowest BCUT2D eigenvalue weighted by molar-refractivity contribution is -0.00574. The van der Waals surface area contributed by atoms with E-state index in [0.29, 0.717) is 0 Å². The minimum atomic E-state index is 0.228. The lowest BCUT2D eigenvalue weighted by Gasteiger charge is -2.43. The van der Waals surface area contributed by atoms with Crippen molar-refractivity contribution < 1.29 is 4.74 Å². The fourth-order valence-electron chi connectivity index (χ4n) is 5.29. The molecule has 2 aliphatic heterocycles. The van der Waals surface area contributed by atoms with Crippen molar-refractivity contribution in [1.82, 2.24) is 19.8 Å². The molecule has 3 heterocycles. The maximum atomic E-state index is 5.85. The molecule has 0 spiro atoms. The molecule has 4 atom stereocenters. The van der Waals surface area contributed by atoms with Gasteiger partial charge in [-0.05, 0) is 38.7 Å². The summed E-state index contributed by atoms with van der Waals surface area (Å²) in [5.74, 6) is 1.72. The molecular weight excluding hydrogens is 350 g/mol. The van der Waals surface area contributed by atoms with Crippen molar-refractivity contribution >= 4 is 5.95 Å². The molecule has 0 bridgehead atoms. The Kier molecular flexibility index (Phi) is 6.48. The average molecular weight is 388 g/mol. The monoisotopic (exact) mass is 387 g/mol. The van der Waals surface area contributed by atoms with Gasteiger partial charge in [0.25, 0.3) is 0 Å². The second kappa shape index (κ2) is 9.06. The standard InChI is InChI=1S/C22H37N5O/c1-17-6-4-5-7-21(17)26-12-10-25(11-13-26)16-20-8-9-23-22(24-20)27-14-18(2)28-19(3)15-27/h8-9,17-19,21H,4-7,10-16H2,1-3H3/t17-,18-,19+,21-/m1/s1. The first-order valence-corrected chi connectivity index (χ1v) is 11.3. The van der Waals surface area contributed by atoms with Gasteiger partial charge in [-0.1, -0.05) is 19.8 Å². The molecule has 4 rings (SSSR count). The number of anilines is 1. The molecule has 0 aromatic carbocycles. The van der Waals surface area contributed by atoms with E-state index >= 15 is 0 Å². The highest BCUT2D eigenvalue weighted by Crippen LogP contribution is 2.29. The van der Waals surface area contributed by atoms with E-state index in [1.807, 2.05) is 6.20 Å². The fraction of sp³-hybridized carbons (Fsp3) is 0.818. The number of nitrogens with zero attached hydrogens (tertiary/aromatic N) is 5. The van der Waals surface area contributed by atoms with Crippen LogP contribution in [0.2, 0.25) is 0 Å². The highest BCUT2D eigenvalue weighted by Gasteiger charge is 2.30. The van der Waals surface area contributed by atoms with Gasteiger partial charge < -0.3 is 9.64 Å². The van der Waals surface area contributed by atoms with E-state index in [9.17, 15) is 0 Å². The third-order valence-electron chi connectivity index (χ3n) is 6.73. The van der Waals surface area contributed by atoms with Crippen molar-refractivity contribution in [2.45, 2.75) is 71.2 Å². The van der Waals surface area contributed by atoms with Gasteiger partial charge in [0.05, 0.1) is 17.9 Å². The number of morpholine rings is 1. The van der Waals surface area contributed by atoms with Gasteiger partial charge in [-0.15, -0.1) is 0 Å². The molecule has 3 fully saturated rings. The van der Waals surface area contributed by atoms with Gasteiger partial charge in [-0.2, -0.15) is 0 Å². The van der Waals surface area contributed by atoms with Gasteiger partial charge >= 0.3 is 0 Å². The Balaban J connectivity index is 1.32. The molecule has 1 aliphatic carbocycles. The molecular formula is C22H37N5O. The molecule has 28 heavy (non-hydrogen) atoms. The molecule has 3 aliphatic rings. The van der Waals surface area contributed by atoms with Crippen LogP contribution < -0.4 is 4.90 Å². The van der Waals surface area contributed by atoms with Crippen LogP contribution in [0.5, 0.6) is 0 Å². The van der Waals surface area contributed by atoms with E-state index in [1.165, 1.54) is 38.8 Å². The highest BCUT2D eigenvalue weighted by molar-refractivity contribution is 5.31. The fourth-order valence-corrected chi connectivity index (χ4v) is 5.29. The first kappa shape index (κ1) is 20.0. The second-order valence-electron chi connectivity index (χ2n) is 9.15. The molecule has 6 heteroatoms. The third-order valence-corrected chi connectivity index (χ3v) is 6.73. The lowest BCUT2D eigenvalue weighted by atomic mass is 9.84. The quantitative estimate of drug-likeness (QED) is 0.792. The van der Waals surface area contributed by atoms with Crippen molar-refractivity contribution in [1.29, 1.82) is 0 Å². The summed E-state index contributed by atoms with van der Waals surface area (Å²) in [6.07, 6.45) is 8.02. The van der Waals surface area contributed by atoms with Crippen LogP contribution >= 0.6 is 0 Å². The molecule has 2 saturated heterocycles. The zero-order valence-electron chi connectivity index (χ0n) is 17.9. The predicted molar refractivity (Wildman–Crippen MR) is 113 cm³/mol. The van der Waals surface area contributed by atoms with E-state index in [0.717, 1.165) is 56.3 Å². The van der Waals surface area contributed by atoms with Crippen LogP contribution in [-0.4, -0.2) is 77.3 Å². The van der Waals surface area contributed by atoms with Crippen LogP contribution in [0.25, 0.3) is 0 Å². The topological polar surface area (TPSA) is 44.7 Å². The molecule has 0 unspecified atom stereocenters. The summed E-state index contributed by atoms with van der Waals surface area (Å²) >= 11 is 0. The van der Waals surface area contributed by atoms with Gasteiger partial charge in [0.15, 0.2) is 0 Å². The molecule has 156 valence electrons. The van der Waals surface area contributed by atoms with Crippen LogP contribution in [0.15, 0.2) is 12.3 Å². The van der Waals surface area contributed by atoms with Crippen molar-refractivity contribution in [2.24, 2.45) is 5.92 Å². The number of hydrogen-bond acceptors (Lipinski definition) is 6. The first-order valence-electron chi connectivity index (χ1n) is 11.3. The Labute approximate surface area is 170 Å². The van der Waals surface area contributed by atoms with Gasteiger partial charge in [0.1, 0.15) is 0 Å². The summed E-state index contributed by atoms with van der Waals surface area (Å²) in [4.78, 5) is 17.0. The smallest absolute Gasteiger partial charge is 0.225 e. The molecule has 6 nitrogen and oxygen atoms in total. The van der Waals surface area contributed by atoms with E-state index < -0.39 is 0 Å². The van der Waals surface area contributed by atoms with Crippen molar-refractivity contribution in [3.8, 4) is 0 Å². The van der Waals surface area contributed by atoms with Gasteiger partial charge in [-0.3, -0.25) is 9.80 Å². The van der Waals surface area contributed by atoms with Gasteiger partial charge in [0, 0.05) is 58.1 Å². The van der Waals surface area contributed by atoms with Gasteiger partial charge in [0.2, 0.25) is 5.95 Å². The SMILES string of the molecule is C[C@@H]1CN(c2nccc(CN3CCN([C@@H]4CCCC[C@H]4C)CC3)n2)C[C@H](C)O1. The predicted octanol–water partition coefficient (Wildman–Crippen LogP) is 2.79. The summed E-state index contributed by atoms with van der Waals surface area (Å²) in [5, 5.41) is 0. The largest absolute Gasteiger partial charge is 0.372 e. The Morgan fingerprint density at radius 2 is 1.71 bits per heavy atom. The summed E-state index contributed by atoms with van der Waals surface area (Å²) in [6, 6.07) is 2.89. The zero-order chi connectivity index (χ0) is 19.5. The summed E-state index contributed by atoms with van der Waals surface area (Å²) < 4.78 is 5.85. The van der Waals surface area contributed by atoms with Crippen LogP contribution in [0.1, 0.15) is 52.1 Å². The molecule has 0 N–H and O–H groups in total. The van der Waals surface area contributed by atoms with E-state index in [-0.39, 0.29) is 12.2 Å². The Bertz CT molecular complexity index is 623. The number of aromatic nitrogens is 2. The number of piperazine rings is 1. The number of ether oxygens (including phenoxy) is 1. The summed E-state index contributed by atoms with van der Waals surface area (Å²) in [6.45, 7) is 14.1. The maximum absolute atomic E-state index is 5.85. The minimum absolute atomic E-state index is 0.228. The van der Waals surface area contributed by atoms with Gasteiger partial charge in [-0.25, -0.2) is 9.97 Å². The summed E-state index contributed by atoms with van der Waals surface area (Å²) in [7, 11) is 0. The Morgan fingerprint density at radius 3 is 2.43 bits per heavy atom. The average Bonchev–Trinajstić information content (AvgIpc) is 2.69. The molecule has 1 aromatic heterocycles. The van der Waals surface area contributed by atoms with Crippen LogP contribution in [-0.2, 0) is 11.3 Å². The number of hydrogen-bond donors (Lipinski definition) is 0. The molecule has 1 aromatic rings. The molecule has 0 radical (unpaired) electrons. The third kappa shape index (κ3) is 4.84. The zero-order valence-corrected chi connectivity index (χ0v) is 17.9. The van der Waals surface area contributed by atoms with Crippen LogP contribution in [0.4, 0.5) is 5.95 Å². The molecule has 0 amide bonds. The van der Waals surface area contributed by atoms with E-state index in [4.69, 9.17) is 9.72 Å². The van der Waals surface area contributed by atoms with E-state index in [2.05, 4.69) is 46.5 Å². The number of rotatable bonds is 4. The van der Waals surface area contributed by atoms with Crippen LogP contribution in [0, 0.1) is 5.92 Å². The van der Waals surface area contributed by atoms with Crippen molar-refractivity contribution in [2.75, 3.05) is 44.2 Å². The van der Waals surface area contributed by atoms with E-state index in [1.54, 1.807) is 0 Å². The highest BCUT2D eigenvalue weighted by atomic mass is 16.5.